The smallest absolute Gasteiger partial charge is 0.326 e. The number of carboxylic acid groups (broad SMARTS) is 1. The Kier molecular flexibility index (Phi) is 4.70. The zero-order valence-corrected chi connectivity index (χ0v) is 14.6. The van der Waals surface area contributed by atoms with Crippen LogP contribution in [-0.2, 0) is 4.79 Å². The molecule has 0 aliphatic carbocycles. The Balaban J connectivity index is 2.10. The van der Waals surface area contributed by atoms with Crippen LogP contribution < -0.4 is 5.32 Å². The molecule has 0 aliphatic rings. The average molecular weight is 338 g/mol. The minimum atomic E-state index is -0.880. The number of aromatic nitrogens is 3. The highest BCUT2D eigenvalue weighted by atomic mass is 16.4. The van der Waals surface area contributed by atoms with Gasteiger partial charge < -0.3 is 15.4 Å². The van der Waals surface area contributed by atoms with E-state index in [2.05, 4.69) is 20.3 Å². The highest BCUT2D eigenvalue weighted by molar-refractivity contribution is 5.91. The van der Waals surface area contributed by atoms with Gasteiger partial charge in [-0.2, -0.15) is 0 Å². The van der Waals surface area contributed by atoms with Crippen molar-refractivity contribution < 1.29 is 9.90 Å². The molecule has 0 fully saturated rings. The normalized spacial score (nSPS) is 13.6. The van der Waals surface area contributed by atoms with Crippen molar-refractivity contribution in [1.29, 1.82) is 0 Å². The zero-order chi connectivity index (χ0) is 18.0. The summed E-state index contributed by atoms with van der Waals surface area (Å²) in [6.07, 6.45) is 0.760. The number of rotatable bonds is 6. The van der Waals surface area contributed by atoms with E-state index in [4.69, 9.17) is 0 Å². The molecule has 2 heterocycles. The lowest BCUT2D eigenvalue weighted by atomic mass is 9.99. The number of hydrogen-bond donors (Lipinski definition) is 3. The molecule has 2 atom stereocenters. The molecule has 0 radical (unpaired) electrons. The fourth-order valence-electron chi connectivity index (χ4n) is 2.80. The number of carbonyl (C=O) groups is 1. The minimum absolute atomic E-state index is 0.0253. The Morgan fingerprint density at radius 3 is 2.64 bits per heavy atom. The summed E-state index contributed by atoms with van der Waals surface area (Å²) in [4.78, 5) is 24.1. The van der Waals surface area contributed by atoms with Crippen molar-refractivity contribution in [3.63, 3.8) is 0 Å². The second-order valence-corrected chi connectivity index (χ2v) is 6.32. The maximum atomic E-state index is 11.7. The molecule has 6 nitrogen and oxygen atoms in total. The van der Waals surface area contributed by atoms with Gasteiger partial charge in [0.2, 0.25) is 0 Å². The summed E-state index contributed by atoms with van der Waals surface area (Å²) in [5, 5.41) is 13.5. The topological polar surface area (TPSA) is 90.9 Å². The third-order valence-corrected chi connectivity index (χ3v) is 4.43. The molecule has 6 heteroatoms. The number of H-pyrrole nitrogens is 1. The third kappa shape index (κ3) is 3.47. The van der Waals surface area contributed by atoms with Crippen molar-refractivity contribution in [2.24, 2.45) is 5.92 Å². The number of aromatic amines is 1. The van der Waals surface area contributed by atoms with Crippen LogP contribution in [0.5, 0.6) is 0 Å². The van der Waals surface area contributed by atoms with Crippen molar-refractivity contribution in [2.45, 2.75) is 33.2 Å². The Labute approximate surface area is 146 Å². The second kappa shape index (κ2) is 6.93. The molecule has 0 amide bonds. The molecule has 25 heavy (non-hydrogen) atoms. The van der Waals surface area contributed by atoms with Crippen molar-refractivity contribution in [3.05, 3.63) is 42.1 Å². The molecule has 1 aromatic carbocycles. The SMILES string of the molecule is CCC(C)C(Nc1nc(-c2ccccc2)nc2[nH]c(C)cc12)C(=O)O. The van der Waals surface area contributed by atoms with Gasteiger partial charge in [0.15, 0.2) is 5.82 Å². The summed E-state index contributed by atoms with van der Waals surface area (Å²) in [6, 6.07) is 10.9. The van der Waals surface area contributed by atoms with Gasteiger partial charge in [0.05, 0.1) is 5.39 Å². The maximum Gasteiger partial charge on any atom is 0.326 e. The summed E-state index contributed by atoms with van der Waals surface area (Å²) in [5.74, 6) is 0.198. The predicted molar refractivity (Wildman–Crippen MR) is 98.6 cm³/mol. The third-order valence-electron chi connectivity index (χ3n) is 4.43. The van der Waals surface area contributed by atoms with Crippen LogP contribution in [0.4, 0.5) is 5.82 Å². The lowest BCUT2D eigenvalue weighted by molar-refractivity contribution is -0.139. The van der Waals surface area contributed by atoms with Crippen LogP contribution in [0.3, 0.4) is 0 Å². The number of nitrogens with zero attached hydrogens (tertiary/aromatic N) is 2. The molecule has 0 bridgehead atoms. The monoisotopic (exact) mass is 338 g/mol. The zero-order valence-electron chi connectivity index (χ0n) is 14.6. The van der Waals surface area contributed by atoms with Crippen molar-refractivity contribution >= 4 is 22.8 Å². The van der Waals surface area contributed by atoms with Gasteiger partial charge in [0, 0.05) is 11.3 Å². The van der Waals surface area contributed by atoms with Gasteiger partial charge in [-0.05, 0) is 18.9 Å². The number of carboxylic acids is 1. The Morgan fingerprint density at radius 1 is 1.28 bits per heavy atom. The standard InChI is InChI=1S/C19H22N4O2/c1-4-11(2)15(19(24)25)21-18-14-10-12(3)20-17(14)22-16(23-18)13-8-6-5-7-9-13/h5-11,15H,4H2,1-3H3,(H,24,25)(H2,20,21,22,23). The molecule has 2 aromatic heterocycles. The van der Waals surface area contributed by atoms with Crippen LogP contribution in [0, 0.1) is 12.8 Å². The number of aryl methyl sites for hydroxylation is 1. The molecule has 0 spiro atoms. The largest absolute Gasteiger partial charge is 0.480 e. The predicted octanol–water partition coefficient (Wildman–Crippen LogP) is 3.84. The van der Waals surface area contributed by atoms with Gasteiger partial charge in [0.1, 0.15) is 17.5 Å². The summed E-state index contributed by atoms with van der Waals surface area (Å²) < 4.78 is 0. The molecular formula is C19H22N4O2. The second-order valence-electron chi connectivity index (χ2n) is 6.32. The quantitative estimate of drug-likeness (QED) is 0.635. The van der Waals surface area contributed by atoms with E-state index in [0.29, 0.717) is 17.3 Å². The molecule has 3 aromatic rings. The number of hydrogen-bond acceptors (Lipinski definition) is 4. The Morgan fingerprint density at radius 2 is 2.00 bits per heavy atom. The fourth-order valence-corrected chi connectivity index (χ4v) is 2.80. The van der Waals surface area contributed by atoms with Gasteiger partial charge in [-0.3, -0.25) is 0 Å². The van der Waals surface area contributed by atoms with Crippen LogP contribution in [0.2, 0.25) is 0 Å². The molecule has 2 unspecified atom stereocenters. The van der Waals surface area contributed by atoms with E-state index in [1.807, 2.05) is 57.2 Å². The van der Waals surface area contributed by atoms with Crippen LogP contribution >= 0.6 is 0 Å². The minimum Gasteiger partial charge on any atom is -0.480 e. The highest BCUT2D eigenvalue weighted by Gasteiger charge is 2.25. The van der Waals surface area contributed by atoms with E-state index >= 15 is 0 Å². The Bertz CT molecular complexity index is 889. The molecule has 3 rings (SSSR count). The van der Waals surface area contributed by atoms with E-state index < -0.39 is 12.0 Å². The number of anilines is 1. The molecule has 0 saturated carbocycles. The summed E-state index contributed by atoms with van der Waals surface area (Å²) in [6.45, 7) is 5.84. The molecule has 130 valence electrons. The van der Waals surface area contributed by atoms with Gasteiger partial charge in [0.25, 0.3) is 0 Å². The molecule has 0 saturated heterocycles. The van der Waals surface area contributed by atoms with E-state index in [0.717, 1.165) is 23.1 Å². The van der Waals surface area contributed by atoms with Crippen LogP contribution in [0.15, 0.2) is 36.4 Å². The summed E-state index contributed by atoms with van der Waals surface area (Å²) in [5.41, 5.74) is 2.53. The van der Waals surface area contributed by atoms with Gasteiger partial charge >= 0.3 is 5.97 Å². The highest BCUT2D eigenvalue weighted by Crippen LogP contribution is 2.27. The number of benzene rings is 1. The maximum absolute atomic E-state index is 11.7. The van der Waals surface area contributed by atoms with Crippen molar-refractivity contribution in [2.75, 3.05) is 5.32 Å². The average Bonchev–Trinajstić information content (AvgIpc) is 2.99. The van der Waals surface area contributed by atoms with E-state index in [9.17, 15) is 9.90 Å². The van der Waals surface area contributed by atoms with E-state index in [1.54, 1.807) is 0 Å². The van der Waals surface area contributed by atoms with E-state index in [1.165, 1.54) is 0 Å². The Hall–Kier alpha value is -2.89. The number of nitrogens with one attached hydrogen (secondary N) is 2. The van der Waals surface area contributed by atoms with Gasteiger partial charge in [-0.25, -0.2) is 14.8 Å². The first-order valence-electron chi connectivity index (χ1n) is 8.41. The fraction of sp³-hybridized carbons (Fsp3) is 0.316. The van der Waals surface area contributed by atoms with Gasteiger partial charge in [-0.15, -0.1) is 0 Å². The lowest BCUT2D eigenvalue weighted by Crippen LogP contribution is -2.35. The first-order chi connectivity index (χ1) is 12.0. The summed E-state index contributed by atoms with van der Waals surface area (Å²) in [7, 11) is 0. The number of aliphatic carboxylic acids is 1. The van der Waals surface area contributed by atoms with Gasteiger partial charge in [-0.1, -0.05) is 50.6 Å². The number of fused-ring (bicyclic) bond motifs is 1. The summed E-state index contributed by atoms with van der Waals surface area (Å²) >= 11 is 0. The van der Waals surface area contributed by atoms with Crippen LogP contribution in [0.1, 0.15) is 26.0 Å². The molecule has 3 N–H and O–H groups in total. The van der Waals surface area contributed by atoms with E-state index in [-0.39, 0.29) is 5.92 Å². The first-order valence-corrected chi connectivity index (χ1v) is 8.41. The molecule has 0 aliphatic heterocycles. The van der Waals surface area contributed by atoms with Crippen LogP contribution in [0.25, 0.3) is 22.4 Å². The lowest BCUT2D eigenvalue weighted by Gasteiger charge is -2.21. The molecular weight excluding hydrogens is 316 g/mol. The van der Waals surface area contributed by atoms with Crippen LogP contribution in [-0.4, -0.2) is 32.1 Å². The van der Waals surface area contributed by atoms with Crippen molar-refractivity contribution in [1.82, 2.24) is 15.0 Å². The van der Waals surface area contributed by atoms with Crippen molar-refractivity contribution in [3.8, 4) is 11.4 Å². The first kappa shape index (κ1) is 17.0.